The van der Waals surface area contributed by atoms with Gasteiger partial charge >= 0.3 is 11.9 Å². The number of carbonyl (C=O) groups is 3. The van der Waals surface area contributed by atoms with E-state index in [4.69, 9.17) is 9.47 Å². The van der Waals surface area contributed by atoms with Crippen LogP contribution < -0.4 is 0 Å². The van der Waals surface area contributed by atoms with Crippen molar-refractivity contribution in [2.75, 3.05) is 33.5 Å². The number of Topliss-reactive ketones (excluding diaryl/α,β-unsaturated/α-hetero) is 1. The van der Waals surface area contributed by atoms with Gasteiger partial charge in [0.15, 0.2) is 17.0 Å². The second kappa shape index (κ2) is 12.2. The number of hydrogen-bond donors (Lipinski definition) is 1. The Bertz CT molecular complexity index is 961. The first-order valence-electron chi connectivity index (χ1n) is 11.3. The highest BCUT2D eigenvalue weighted by Crippen LogP contribution is 2.19. The summed E-state index contributed by atoms with van der Waals surface area (Å²) in [6.45, 7) is 5.60. The zero-order valence-electron chi connectivity index (χ0n) is 20.9. The fourth-order valence-electron chi connectivity index (χ4n) is 3.12. The lowest BCUT2D eigenvalue weighted by atomic mass is 10.1. The van der Waals surface area contributed by atoms with Crippen molar-refractivity contribution < 1.29 is 28.3 Å². The number of thioether (sulfide) groups is 1. The number of ketones is 1. The van der Waals surface area contributed by atoms with Crippen molar-refractivity contribution in [3.63, 3.8) is 0 Å². The number of likely N-dealkylation sites (N-methyl/N-ethyl adjacent to an activating group) is 1. The Balaban J connectivity index is 1.86. The van der Waals surface area contributed by atoms with Crippen molar-refractivity contribution >= 4 is 29.5 Å². The number of nitrogens with zero attached hydrogens (tertiary/aromatic N) is 2. The van der Waals surface area contributed by atoms with Gasteiger partial charge in [0.1, 0.15) is 5.60 Å². The minimum atomic E-state index is -0.529. The SMILES string of the molecule is CC(C)(C)OC(=O)CCCOC(=O)[C@H](Cc1cnc(SCC(=O)c2ccccc2)[nH]1)[N+](C)(C)C. The first-order chi connectivity index (χ1) is 15.8. The van der Waals surface area contributed by atoms with Gasteiger partial charge in [0.25, 0.3) is 0 Å². The minimum absolute atomic E-state index is 0.0303. The van der Waals surface area contributed by atoms with E-state index in [2.05, 4.69) is 9.97 Å². The average molecular weight is 491 g/mol. The molecule has 1 N–H and O–H groups in total. The summed E-state index contributed by atoms with van der Waals surface area (Å²) in [4.78, 5) is 44.5. The molecule has 1 heterocycles. The molecular formula is C25H36N3O5S+. The Morgan fingerprint density at radius 1 is 1.12 bits per heavy atom. The molecule has 2 aromatic rings. The van der Waals surface area contributed by atoms with Crippen LogP contribution in [0.4, 0.5) is 0 Å². The van der Waals surface area contributed by atoms with E-state index in [-0.39, 0.29) is 36.5 Å². The van der Waals surface area contributed by atoms with E-state index in [9.17, 15) is 14.4 Å². The van der Waals surface area contributed by atoms with Crippen molar-refractivity contribution in [3.05, 3.63) is 47.8 Å². The summed E-state index contributed by atoms with van der Waals surface area (Å²) in [5.74, 6) is -0.336. The largest absolute Gasteiger partial charge is 0.461 e. The molecule has 0 aliphatic heterocycles. The van der Waals surface area contributed by atoms with Crippen molar-refractivity contribution in [1.82, 2.24) is 9.97 Å². The van der Waals surface area contributed by atoms with Crippen LogP contribution in [0.5, 0.6) is 0 Å². The van der Waals surface area contributed by atoms with E-state index < -0.39 is 11.6 Å². The number of rotatable bonds is 12. The Hall–Kier alpha value is -2.65. The number of quaternary nitrogens is 1. The van der Waals surface area contributed by atoms with E-state index >= 15 is 0 Å². The van der Waals surface area contributed by atoms with E-state index in [0.29, 0.717) is 28.0 Å². The molecule has 1 aromatic carbocycles. The van der Waals surface area contributed by atoms with Gasteiger partial charge in [-0.1, -0.05) is 42.1 Å². The number of hydrogen-bond acceptors (Lipinski definition) is 7. The molecule has 1 atom stereocenters. The molecule has 8 nitrogen and oxygen atoms in total. The van der Waals surface area contributed by atoms with Crippen molar-refractivity contribution in [2.24, 2.45) is 0 Å². The molecular weight excluding hydrogens is 454 g/mol. The molecule has 0 bridgehead atoms. The molecule has 0 unspecified atom stereocenters. The predicted molar refractivity (Wildman–Crippen MR) is 132 cm³/mol. The minimum Gasteiger partial charge on any atom is -0.461 e. The van der Waals surface area contributed by atoms with Gasteiger partial charge in [0.2, 0.25) is 0 Å². The molecule has 1 aromatic heterocycles. The highest BCUT2D eigenvalue weighted by Gasteiger charge is 2.34. The maximum Gasteiger partial charge on any atom is 0.365 e. The van der Waals surface area contributed by atoms with Crippen LogP contribution in [-0.2, 0) is 25.5 Å². The van der Waals surface area contributed by atoms with Crippen LogP contribution in [0.2, 0.25) is 0 Å². The predicted octanol–water partition coefficient (Wildman–Crippen LogP) is 3.67. The molecule has 9 heteroatoms. The van der Waals surface area contributed by atoms with Gasteiger partial charge in [-0.25, -0.2) is 9.78 Å². The number of H-pyrrole nitrogens is 1. The average Bonchev–Trinajstić information content (AvgIpc) is 3.19. The third-order valence-electron chi connectivity index (χ3n) is 4.85. The number of imidazole rings is 1. The summed E-state index contributed by atoms with van der Waals surface area (Å²) in [6.07, 6.45) is 2.70. The summed E-state index contributed by atoms with van der Waals surface area (Å²) in [5, 5.41) is 0.630. The maximum absolute atomic E-state index is 12.8. The molecule has 0 aliphatic rings. The van der Waals surface area contributed by atoms with Gasteiger partial charge in [0.05, 0.1) is 39.9 Å². The molecule has 2 rings (SSSR count). The highest BCUT2D eigenvalue weighted by molar-refractivity contribution is 7.99. The number of carbonyl (C=O) groups excluding carboxylic acids is 3. The Morgan fingerprint density at radius 3 is 2.41 bits per heavy atom. The first kappa shape index (κ1) is 27.6. The van der Waals surface area contributed by atoms with Crippen molar-refractivity contribution in [1.29, 1.82) is 0 Å². The molecule has 0 aliphatic carbocycles. The third kappa shape index (κ3) is 9.69. The summed E-state index contributed by atoms with van der Waals surface area (Å²) in [5.41, 5.74) is 0.929. The first-order valence-corrected chi connectivity index (χ1v) is 12.3. The van der Waals surface area contributed by atoms with Gasteiger partial charge in [-0.05, 0) is 27.2 Å². The molecule has 186 valence electrons. The molecule has 0 saturated heterocycles. The summed E-state index contributed by atoms with van der Waals surface area (Å²) in [7, 11) is 5.78. The fraction of sp³-hybridized carbons (Fsp3) is 0.520. The van der Waals surface area contributed by atoms with Crippen LogP contribution in [0, 0.1) is 0 Å². The number of nitrogens with one attached hydrogen (secondary N) is 1. The summed E-state index contributed by atoms with van der Waals surface area (Å²) in [6, 6.07) is 8.68. The lowest BCUT2D eigenvalue weighted by Gasteiger charge is -2.32. The van der Waals surface area contributed by atoms with E-state index in [1.54, 1.807) is 18.3 Å². The van der Waals surface area contributed by atoms with Crippen LogP contribution in [0.3, 0.4) is 0 Å². The van der Waals surface area contributed by atoms with Crippen LogP contribution in [-0.4, -0.2) is 77.3 Å². The zero-order valence-corrected chi connectivity index (χ0v) is 21.7. The van der Waals surface area contributed by atoms with E-state index in [1.165, 1.54) is 11.8 Å². The smallest absolute Gasteiger partial charge is 0.365 e. The standard InChI is InChI=1S/C25H36N3O5S/c1-25(2,3)33-22(30)13-10-14-32-23(31)20(28(4,5)6)15-19-16-26-24(27-19)34-17-21(29)18-11-8-7-9-12-18/h7-9,11-12,16,20H,10,13-15,17H2,1-6H3,(H,26,27)/q+1/t20-/m0/s1. The van der Waals surface area contributed by atoms with Gasteiger partial charge in [0, 0.05) is 23.9 Å². The van der Waals surface area contributed by atoms with Crippen molar-refractivity contribution in [2.45, 2.75) is 56.8 Å². The summed E-state index contributed by atoms with van der Waals surface area (Å²) >= 11 is 1.33. The number of esters is 2. The van der Waals surface area contributed by atoms with E-state index in [0.717, 1.165) is 5.69 Å². The summed E-state index contributed by atoms with van der Waals surface area (Å²) < 4.78 is 11.1. The molecule has 0 radical (unpaired) electrons. The lowest BCUT2D eigenvalue weighted by Crippen LogP contribution is -2.51. The van der Waals surface area contributed by atoms with Gasteiger partial charge in [-0.2, -0.15) is 0 Å². The fourth-order valence-corrected chi connectivity index (χ4v) is 3.88. The van der Waals surface area contributed by atoms with Gasteiger partial charge < -0.3 is 18.9 Å². The molecule has 0 saturated carbocycles. The Kier molecular flexibility index (Phi) is 9.88. The number of benzene rings is 1. The van der Waals surface area contributed by atoms with E-state index in [1.807, 2.05) is 60.1 Å². The molecule has 0 amide bonds. The normalized spacial score (nSPS) is 12.8. The molecule has 0 spiro atoms. The Labute approximate surface area is 206 Å². The second-order valence-electron chi connectivity index (χ2n) is 9.99. The highest BCUT2D eigenvalue weighted by atomic mass is 32.2. The van der Waals surface area contributed by atoms with Crippen LogP contribution in [0.1, 0.15) is 49.7 Å². The Morgan fingerprint density at radius 2 is 1.79 bits per heavy atom. The second-order valence-corrected chi connectivity index (χ2v) is 10.9. The zero-order chi connectivity index (χ0) is 25.4. The number of aromatic amines is 1. The van der Waals surface area contributed by atoms with Crippen LogP contribution in [0.25, 0.3) is 0 Å². The number of ether oxygens (including phenoxy) is 2. The van der Waals surface area contributed by atoms with Crippen molar-refractivity contribution in [3.8, 4) is 0 Å². The monoisotopic (exact) mass is 490 g/mol. The van der Waals surface area contributed by atoms with Gasteiger partial charge in [-0.15, -0.1) is 0 Å². The topological polar surface area (TPSA) is 98.3 Å². The molecule has 0 fully saturated rings. The maximum atomic E-state index is 12.8. The number of aromatic nitrogens is 2. The quantitative estimate of drug-likeness (QED) is 0.159. The lowest BCUT2D eigenvalue weighted by molar-refractivity contribution is -0.887. The third-order valence-corrected chi connectivity index (χ3v) is 5.74. The molecule has 34 heavy (non-hydrogen) atoms. The van der Waals surface area contributed by atoms with Crippen LogP contribution in [0.15, 0.2) is 41.7 Å². The van der Waals surface area contributed by atoms with Crippen LogP contribution >= 0.6 is 11.8 Å². The van der Waals surface area contributed by atoms with Gasteiger partial charge in [-0.3, -0.25) is 9.59 Å².